The van der Waals surface area contributed by atoms with Gasteiger partial charge in [0.25, 0.3) is 0 Å². The van der Waals surface area contributed by atoms with E-state index in [1.54, 1.807) is 10.6 Å². The molecule has 1 aliphatic rings. The highest BCUT2D eigenvalue weighted by Gasteiger charge is 2.23. The molecule has 0 spiro atoms. The van der Waals surface area contributed by atoms with E-state index >= 15 is 0 Å². The molecule has 1 amide bonds. The third-order valence-electron chi connectivity index (χ3n) is 5.50. The molecule has 33 heavy (non-hydrogen) atoms. The van der Waals surface area contributed by atoms with Crippen molar-refractivity contribution in [1.29, 1.82) is 0 Å². The van der Waals surface area contributed by atoms with Gasteiger partial charge in [0, 0.05) is 18.8 Å². The van der Waals surface area contributed by atoms with Crippen LogP contribution in [0.2, 0.25) is 0 Å². The number of nitrogens with zero attached hydrogens (tertiary/aromatic N) is 4. The number of thioether (sulfide) groups is 1. The lowest BCUT2D eigenvalue weighted by atomic mass is 9.98. The standard InChI is InChI=1S/C24H28FN5O2S/c1-16(2)20-9-4-6-17(3)22(20)26-21(31)15-33-24-28-27-23(29-10-12-32-13-11-29)30(24)19-8-5-7-18(25)14-19/h4-9,14,16H,10-13,15H2,1-3H3,(H,26,31). The molecule has 0 radical (unpaired) electrons. The number of aryl methyl sites for hydroxylation is 1. The average molecular weight is 470 g/mol. The number of benzene rings is 2. The second-order valence-electron chi connectivity index (χ2n) is 8.23. The molecule has 1 N–H and O–H groups in total. The zero-order chi connectivity index (χ0) is 23.4. The van der Waals surface area contributed by atoms with E-state index in [9.17, 15) is 9.18 Å². The molecule has 0 aliphatic carbocycles. The van der Waals surface area contributed by atoms with Gasteiger partial charge in [-0.25, -0.2) is 4.39 Å². The summed E-state index contributed by atoms with van der Waals surface area (Å²) in [6.45, 7) is 8.73. The van der Waals surface area contributed by atoms with Crippen molar-refractivity contribution in [2.24, 2.45) is 0 Å². The minimum Gasteiger partial charge on any atom is -0.378 e. The molecule has 1 saturated heterocycles. The SMILES string of the molecule is Cc1cccc(C(C)C)c1NC(=O)CSc1nnc(N2CCOCC2)n1-c1cccc(F)c1. The smallest absolute Gasteiger partial charge is 0.234 e. The molecule has 0 atom stereocenters. The molecule has 2 heterocycles. The van der Waals surface area contributed by atoms with E-state index < -0.39 is 0 Å². The summed E-state index contributed by atoms with van der Waals surface area (Å²) in [7, 11) is 0. The van der Waals surface area contributed by atoms with Crippen molar-refractivity contribution in [3.63, 3.8) is 0 Å². The predicted molar refractivity (Wildman–Crippen MR) is 129 cm³/mol. The largest absolute Gasteiger partial charge is 0.378 e. The maximum Gasteiger partial charge on any atom is 0.234 e. The minimum absolute atomic E-state index is 0.127. The van der Waals surface area contributed by atoms with Crippen molar-refractivity contribution in [2.45, 2.75) is 31.8 Å². The predicted octanol–water partition coefficient (Wildman–Crippen LogP) is 4.41. The summed E-state index contributed by atoms with van der Waals surface area (Å²) in [5.41, 5.74) is 3.60. The first-order chi connectivity index (χ1) is 15.9. The van der Waals surface area contributed by atoms with Crippen LogP contribution in [-0.4, -0.2) is 52.7 Å². The Labute approximate surface area is 197 Å². The molecule has 1 aliphatic heterocycles. The van der Waals surface area contributed by atoms with Gasteiger partial charge in [-0.1, -0.05) is 49.9 Å². The Bertz CT molecular complexity index is 1130. The number of ether oxygens (including phenoxy) is 1. The van der Waals surface area contributed by atoms with Crippen LogP contribution in [0.25, 0.3) is 5.69 Å². The Morgan fingerprint density at radius 2 is 1.94 bits per heavy atom. The number of para-hydroxylation sites is 1. The van der Waals surface area contributed by atoms with E-state index in [1.807, 2.05) is 31.2 Å². The number of halogens is 1. The van der Waals surface area contributed by atoms with Gasteiger partial charge in [-0.2, -0.15) is 0 Å². The van der Waals surface area contributed by atoms with Gasteiger partial charge in [0.1, 0.15) is 5.82 Å². The molecule has 1 aromatic heterocycles. The summed E-state index contributed by atoms with van der Waals surface area (Å²) >= 11 is 1.28. The summed E-state index contributed by atoms with van der Waals surface area (Å²) in [5, 5.41) is 12.3. The molecule has 0 unspecified atom stereocenters. The Hall–Kier alpha value is -2.91. The number of amides is 1. The van der Waals surface area contributed by atoms with Crippen LogP contribution in [-0.2, 0) is 9.53 Å². The molecule has 174 valence electrons. The number of hydrogen-bond acceptors (Lipinski definition) is 6. The summed E-state index contributed by atoms with van der Waals surface area (Å²) in [5.74, 6) is 0.594. The highest BCUT2D eigenvalue weighted by atomic mass is 32.2. The third-order valence-corrected chi connectivity index (χ3v) is 6.43. The fourth-order valence-corrected chi connectivity index (χ4v) is 4.56. The summed E-state index contributed by atoms with van der Waals surface area (Å²) in [4.78, 5) is 14.9. The number of aromatic nitrogens is 3. The average Bonchev–Trinajstić information content (AvgIpc) is 3.23. The number of hydrogen-bond donors (Lipinski definition) is 1. The topological polar surface area (TPSA) is 72.3 Å². The molecule has 2 aromatic carbocycles. The van der Waals surface area contributed by atoms with Crippen LogP contribution in [0.4, 0.5) is 16.0 Å². The van der Waals surface area contributed by atoms with Crippen LogP contribution in [0.3, 0.4) is 0 Å². The Morgan fingerprint density at radius 3 is 2.67 bits per heavy atom. The first kappa shape index (κ1) is 23.3. The van der Waals surface area contributed by atoms with E-state index in [2.05, 4.69) is 34.3 Å². The summed E-state index contributed by atoms with van der Waals surface area (Å²) in [6.07, 6.45) is 0. The lowest BCUT2D eigenvalue weighted by Gasteiger charge is -2.27. The fourth-order valence-electron chi connectivity index (χ4n) is 3.81. The molecular weight excluding hydrogens is 441 g/mol. The van der Waals surface area contributed by atoms with Crippen LogP contribution in [0, 0.1) is 12.7 Å². The molecule has 4 rings (SSSR count). The molecule has 0 saturated carbocycles. The Balaban J connectivity index is 1.56. The zero-order valence-corrected chi connectivity index (χ0v) is 19.9. The van der Waals surface area contributed by atoms with Crippen molar-refractivity contribution >= 4 is 29.3 Å². The number of anilines is 2. The molecule has 7 nitrogen and oxygen atoms in total. The molecule has 0 bridgehead atoms. The number of nitrogens with one attached hydrogen (secondary N) is 1. The van der Waals surface area contributed by atoms with Gasteiger partial charge < -0.3 is 15.0 Å². The van der Waals surface area contributed by atoms with Gasteiger partial charge in [-0.05, 0) is 42.2 Å². The lowest BCUT2D eigenvalue weighted by Crippen LogP contribution is -2.37. The highest BCUT2D eigenvalue weighted by Crippen LogP contribution is 2.30. The monoisotopic (exact) mass is 469 g/mol. The van der Waals surface area contributed by atoms with Gasteiger partial charge in [0.2, 0.25) is 11.9 Å². The van der Waals surface area contributed by atoms with Gasteiger partial charge in [0.15, 0.2) is 5.16 Å². The van der Waals surface area contributed by atoms with Gasteiger partial charge in [-0.15, -0.1) is 10.2 Å². The Kier molecular flexibility index (Phi) is 7.29. The van der Waals surface area contributed by atoms with E-state index in [0.29, 0.717) is 49.0 Å². The summed E-state index contributed by atoms with van der Waals surface area (Å²) in [6, 6.07) is 12.3. The van der Waals surface area contributed by atoms with E-state index in [4.69, 9.17) is 4.74 Å². The van der Waals surface area contributed by atoms with Crippen molar-refractivity contribution in [2.75, 3.05) is 42.3 Å². The van der Waals surface area contributed by atoms with Crippen molar-refractivity contribution in [3.8, 4) is 5.69 Å². The number of rotatable bonds is 7. The van der Waals surface area contributed by atoms with Gasteiger partial charge in [-0.3, -0.25) is 9.36 Å². The second kappa shape index (κ2) is 10.4. The molecule has 3 aromatic rings. The summed E-state index contributed by atoms with van der Waals surface area (Å²) < 4.78 is 21.3. The first-order valence-corrected chi connectivity index (χ1v) is 12.0. The minimum atomic E-state index is -0.344. The number of morpholine rings is 1. The molecular formula is C24H28FN5O2S. The highest BCUT2D eigenvalue weighted by molar-refractivity contribution is 7.99. The lowest BCUT2D eigenvalue weighted by molar-refractivity contribution is -0.113. The van der Waals surface area contributed by atoms with Crippen LogP contribution >= 0.6 is 11.8 Å². The van der Waals surface area contributed by atoms with Crippen molar-refractivity contribution in [3.05, 3.63) is 59.4 Å². The normalized spacial score (nSPS) is 14.0. The van der Waals surface area contributed by atoms with Crippen LogP contribution in [0.1, 0.15) is 30.9 Å². The first-order valence-electron chi connectivity index (χ1n) is 11.0. The van der Waals surface area contributed by atoms with Crippen molar-refractivity contribution < 1.29 is 13.9 Å². The molecule has 1 fully saturated rings. The van der Waals surface area contributed by atoms with Crippen LogP contribution in [0.15, 0.2) is 47.6 Å². The quantitative estimate of drug-likeness (QED) is 0.517. The van der Waals surface area contributed by atoms with Crippen LogP contribution < -0.4 is 10.2 Å². The van der Waals surface area contributed by atoms with Gasteiger partial charge in [0.05, 0.1) is 24.7 Å². The Morgan fingerprint density at radius 1 is 1.18 bits per heavy atom. The van der Waals surface area contributed by atoms with Crippen molar-refractivity contribution in [1.82, 2.24) is 14.8 Å². The van der Waals surface area contributed by atoms with E-state index in [0.717, 1.165) is 16.8 Å². The third kappa shape index (κ3) is 5.36. The number of carbonyl (C=O) groups is 1. The number of carbonyl (C=O) groups excluding carboxylic acids is 1. The fraction of sp³-hybridized carbons (Fsp3) is 0.375. The maximum absolute atomic E-state index is 14.0. The van der Waals surface area contributed by atoms with E-state index in [1.165, 1.54) is 23.9 Å². The zero-order valence-electron chi connectivity index (χ0n) is 19.0. The van der Waals surface area contributed by atoms with E-state index in [-0.39, 0.29) is 17.5 Å². The van der Waals surface area contributed by atoms with Gasteiger partial charge >= 0.3 is 0 Å². The second-order valence-corrected chi connectivity index (χ2v) is 9.17. The van der Waals surface area contributed by atoms with Crippen LogP contribution in [0.5, 0.6) is 0 Å². The maximum atomic E-state index is 14.0. The molecule has 9 heteroatoms.